The number of nitrogens with one attached hydrogen (secondary N) is 1. The summed E-state index contributed by atoms with van der Waals surface area (Å²) in [6.07, 6.45) is 0.152. The van der Waals surface area contributed by atoms with E-state index in [1.54, 1.807) is 50.6 Å². The molecule has 0 aliphatic heterocycles. The Hall–Kier alpha value is -2.40. The summed E-state index contributed by atoms with van der Waals surface area (Å²) in [6.45, 7) is 2.43. The molecular weight excluding hydrogens is 330 g/mol. The van der Waals surface area contributed by atoms with Crippen LogP contribution >= 0.6 is 11.6 Å². The van der Waals surface area contributed by atoms with E-state index >= 15 is 0 Å². The number of hydrogen-bond acceptors (Lipinski definition) is 4. The smallest absolute Gasteiger partial charge is 0.228 e. The number of ether oxygens (including phenoxy) is 3. The van der Waals surface area contributed by atoms with Crippen molar-refractivity contribution in [1.29, 1.82) is 0 Å². The molecule has 0 aliphatic carbocycles. The minimum atomic E-state index is -0.179. The van der Waals surface area contributed by atoms with Crippen molar-refractivity contribution in [2.75, 3.05) is 26.1 Å². The molecule has 2 aromatic carbocycles. The zero-order valence-electron chi connectivity index (χ0n) is 13.9. The van der Waals surface area contributed by atoms with E-state index in [1.165, 1.54) is 0 Å². The van der Waals surface area contributed by atoms with E-state index in [-0.39, 0.29) is 12.3 Å². The van der Waals surface area contributed by atoms with Crippen molar-refractivity contribution in [1.82, 2.24) is 0 Å². The normalized spacial score (nSPS) is 10.2. The lowest BCUT2D eigenvalue weighted by atomic mass is 10.1. The summed E-state index contributed by atoms with van der Waals surface area (Å²) in [7, 11) is 3.11. The van der Waals surface area contributed by atoms with Gasteiger partial charge in [-0.25, -0.2) is 0 Å². The van der Waals surface area contributed by atoms with Crippen molar-refractivity contribution in [3.05, 3.63) is 47.0 Å². The fourth-order valence-corrected chi connectivity index (χ4v) is 2.48. The Kier molecular flexibility index (Phi) is 6.32. The van der Waals surface area contributed by atoms with Crippen molar-refractivity contribution in [2.45, 2.75) is 13.3 Å². The number of halogens is 1. The summed E-state index contributed by atoms with van der Waals surface area (Å²) in [5.74, 6) is 1.64. The van der Waals surface area contributed by atoms with E-state index < -0.39 is 0 Å². The molecule has 2 rings (SSSR count). The van der Waals surface area contributed by atoms with Gasteiger partial charge in [-0.05, 0) is 37.3 Å². The second-order valence-electron chi connectivity index (χ2n) is 4.98. The van der Waals surface area contributed by atoms with Gasteiger partial charge in [-0.2, -0.15) is 0 Å². The molecule has 2 aromatic rings. The number of benzene rings is 2. The lowest BCUT2D eigenvalue weighted by Gasteiger charge is -2.12. The van der Waals surface area contributed by atoms with Crippen LogP contribution in [0, 0.1) is 0 Å². The molecule has 0 aliphatic rings. The largest absolute Gasteiger partial charge is 0.496 e. The molecule has 0 unspecified atom stereocenters. The Morgan fingerprint density at radius 2 is 1.75 bits per heavy atom. The summed E-state index contributed by atoms with van der Waals surface area (Å²) in [6, 6.07) is 10.4. The van der Waals surface area contributed by atoms with Crippen LogP contribution in [0.3, 0.4) is 0 Å². The maximum Gasteiger partial charge on any atom is 0.228 e. The molecule has 0 atom stereocenters. The van der Waals surface area contributed by atoms with Crippen LogP contribution in [0.5, 0.6) is 17.2 Å². The van der Waals surface area contributed by atoms with E-state index in [9.17, 15) is 4.79 Å². The third kappa shape index (κ3) is 4.55. The third-order valence-corrected chi connectivity index (χ3v) is 3.58. The maximum absolute atomic E-state index is 12.3. The van der Waals surface area contributed by atoms with Crippen LogP contribution in [0.4, 0.5) is 5.69 Å². The molecule has 0 radical (unpaired) electrons. The number of amides is 1. The Balaban J connectivity index is 2.11. The maximum atomic E-state index is 12.3. The number of methoxy groups -OCH3 is 2. The number of anilines is 1. The highest BCUT2D eigenvalue weighted by Crippen LogP contribution is 2.30. The Morgan fingerprint density at radius 1 is 1.04 bits per heavy atom. The predicted molar refractivity (Wildman–Crippen MR) is 94.5 cm³/mol. The van der Waals surface area contributed by atoms with Gasteiger partial charge in [-0.1, -0.05) is 11.6 Å². The zero-order valence-corrected chi connectivity index (χ0v) is 14.6. The number of carbonyl (C=O) groups excluding carboxylic acids is 1. The molecule has 1 N–H and O–H groups in total. The van der Waals surface area contributed by atoms with Gasteiger partial charge in [0.05, 0.1) is 27.2 Å². The van der Waals surface area contributed by atoms with E-state index in [1.807, 2.05) is 6.92 Å². The second kappa shape index (κ2) is 8.45. The monoisotopic (exact) mass is 349 g/mol. The van der Waals surface area contributed by atoms with Crippen LogP contribution < -0.4 is 19.5 Å². The van der Waals surface area contributed by atoms with E-state index in [4.69, 9.17) is 25.8 Å². The topological polar surface area (TPSA) is 56.8 Å². The van der Waals surface area contributed by atoms with Crippen molar-refractivity contribution >= 4 is 23.2 Å². The summed E-state index contributed by atoms with van der Waals surface area (Å²) in [4.78, 5) is 12.3. The van der Waals surface area contributed by atoms with Crippen LogP contribution in [0.25, 0.3) is 0 Å². The van der Waals surface area contributed by atoms with E-state index in [0.717, 1.165) is 5.56 Å². The second-order valence-corrected chi connectivity index (χ2v) is 5.42. The molecule has 1 amide bonds. The molecule has 0 aromatic heterocycles. The van der Waals surface area contributed by atoms with Crippen LogP contribution in [0.15, 0.2) is 36.4 Å². The molecule has 0 heterocycles. The predicted octanol–water partition coefficient (Wildman–Crippen LogP) is 3.94. The van der Waals surface area contributed by atoms with Gasteiger partial charge in [0.1, 0.15) is 5.75 Å². The van der Waals surface area contributed by atoms with Crippen molar-refractivity contribution in [3.63, 3.8) is 0 Å². The number of rotatable bonds is 7. The molecule has 0 saturated carbocycles. The Labute approximate surface area is 146 Å². The SMILES string of the molecule is CCOc1ccc(NC(=O)Cc2cc(Cl)ccc2OC)cc1OC. The molecule has 128 valence electrons. The number of carbonyl (C=O) groups is 1. The van der Waals surface area contributed by atoms with Crippen molar-refractivity contribution in [3.8, 4) is 17.2 Å². The van der Waals surface area contributed by atoms with Crippen molar-refractivity contribution < 1.29 is 19.0 Å². The highest BCUT2D eigenvalue weighted by molar-refractivity contribution is 6.30. The minimum absolute atomic E-state index is 0.152. The van der Waals surface area contributed by atoms with Crippen LogP contribution in [0.1, 0.15) is 12.5 Å². The van der Waals surface area contributed by atoms with Gasteiger partial charge >= 0.3 is 0 Å². The number of hydrogen-bond donors (Lipinski definition) is 1. The average molecular weight is 350 g/mol. The average Bonchev–Trinajstić information content (AvgIpc) is 2.56. The van der Waals surface area contributed by atoms with Crippen LogP contribution in [-0.2, 0) is 11.2 Å². The summed E-state index contributed by atoms with van der Waals surface area (Å²) in [5.41, 5.74) is 1.35. The quantitative estimate of drug-likeness (QED) is 0.822. The van der Waals surface area contributed by atoms with Crippen LogP contribution in [0.2, 0.25) is 5.02 Å². The summed E-state index contributed by atoms with van der Waals surface area (Å²) >= 11 is 5.99. The van der Waals surface area contributed by atoms with Gasteiger partial charge in [-0.3, -0.25) is 4.79 Å². The Morgan fingerprint density at radius 3 is 2.42 bits per heavy atom. The fourth-order valence-electron chi connectivity index (χ4n) is 2.28. The standard InChI is InChI=1S/C18H20ClNO4/c1-4-24-16-8-6-14(11-17(16)23-3)20-18(21)10-12-9-13(19)5-7-15(12)22-2/h5-9,11H,4,10H2,1-3H3,(H,20,21). The minimum Gasteiger partial charge on any atom is -0.496 e. The molecule has 6 heteroatoms. The first kappa shape index (κ1) is 17.9. The Bertz CT molecular complexity index is 718. The van der Waals surface area contributed by atoms with Gasteiger partial charge in [0.25, 0.3) is 0 Å². The molecule has 5 nitrogen and oxygen atoms in total. The highest BCUT2D eigenvalue weighted by Gasteiger charge is 2.11. The van der Waals surface area contributed by atoms with Crippen LogP contribution in [-0.4, -0.2) is 26.7 Å². The molecule has 0 bridgehead atoms. The van der Waals surface area contributed by atoms with E-state index in [0.29, 0.717) is 34.6 Å². The summed E-state index contributed by atoms with van der Waals surface area (Å²) < 4.78 is 16.0. The van der Waals surface area contributed by atoms with Gasteiger partial charge in [0.15, 0.2) is 11.5 Å². The lowest BCUT2D eigenvalue weighted by Crippen LogP contribution is -2.15. The summed E-state index contributed by atoms with van der Waals surface area (Å²) in [5, 5.41) is 3.39. The lowest BCUT2D eigenvalue weighted by molar-refractivity contribution is -0.115. The van der Waals surface area contributed by atoms with Gasteiger partial charge < -0.3 is 19.5 Å². The molecule has 0 saturated heterocycles. The molecule has 24 heavy (non-hydrogen) atoms. The molecular formula is C18H20ClNO4. The highest BCUT2D eigenvalue weighted by atomic mass is 35.5. The first-order valence-electron chi connectivity index (χ1n) is 7.50. The first-order chi connectivity index (χ1) is 11.6. The van der Waals surface area contributed by atoms with E-state index in [2.05, 4.69) is 5.32 Å². The fraction of sp³-hybridized carbons (Fsp3) is 0.278. The van der Waals surface area contributed by atoms with Gasteiger partial charge in [0, 0.05) is 22.3 Å². The van der Waals surface area contributed by atoms with Crippen molar-refractivity contribution in [2.24, 2.45) is 0 Å². The third-order valence-electron chi connectivity index (χ3n) is 3.34. The molecule has 0 spiro atoms. The zero-order chi connectivity index (χ0) is 17.5. The first-order valence-corrected chi connectivity index (χ1v) is 7.88. The molecule has 0 fully saturated rings. The van der Waals surface area contributed by atoms with Gasteiger partial charge in [0.2, 0.25) is 5.91 Å². The van der Waals surface area contributed by atoms with Gasteiger partial charge in [-0.15, -0.1) is 0 Å².